The second-order valence-electron chi connectivity index (χ2n) is 7.51. The number of imidazole rings is 1. The van der Waals surface area contributed by atoms with E-state index in [9.17, 15) is 4.79 Å². The topological polar surface area (TPSA) is 85.6 Å². The molecule has 4 aromatic heterocycles. The van der Waals surface area contributed by atoms with Gasteiger partial charge in [0.05, 0.1) is 11.9 Å². The van der Waals surface area contributed by atoms with Gasteiger partial charge in [-0.15, -0.1) is 11.3 Å². The fourth-order valence-corrected chi connectivity index (χ4v) is 3.49. The average Bonchev–Trinajstić information content (AvgIpc) is 3.38. The molecule has 0 radical (unpaired) electrons. The Bertz CT molecular complexity index is 1140. The smallest absolute Gasteiger partial charge is 0.276 e. The van der Waals surface area contributed by atoms with Gasteiger partial charge in [-0.1, -0.05) is 26.8 Å². The van der Waals surface area contributed by atoms with Gasteiger partial charge >= 0.3 is 0 Å². The van der Waals surface area contributed by atoms with Gasteiger partial charge in [0.25, 0.3) is 5.91 Å². The Morgan fingerprint density at radius 3 is 2.72 bits per heavy atom. The highest BCUT2D eigenvalue weighted by Gasteiger charge is 2.18. The summed E-state index contributed by atoms with van der Waals surface area (Å²) in [6, 6.07) is 9.54. The van der Waals surface area contributed by atoms with Crippen molar-refractivity contribution in [3.63, 3.8) is 0 Å². The van der Waals surface area contributed by atoms with Crippen molar-refractivity contribution in [3.8, 4) is 17.2 Å². The summed E-state index contributed by atoms with van der Waals surface area (Å²) in [7, 11) is 0. The third-order valence-corrected chi connectivity index (χ3v) is 5.14. The van der Waals surface area contributed by atoms with E-state index in [0.29, 0.717) is 16.6 Å². The fourth-order valence-electron chi connectivity index (χ4n) is 2.79. The molecule has 1 N–H and O–H groups in total. The third-order valence-electron chi connectivity index (χ3n) is 4.38. The van der Waals surface area contributed by atoms with Gasteiger partial charge in [-0.3, -0.25) is 19.7 Å². The van der Waals surface area contributed by atoms with Crippen LogP contribution in [-0.2, 0) is 5.41 Å². The molecule has 4 heterocycles. The van der Waals surface area contributed by atoms with E-state index in [-0.39, 0.29) is 11.3 Å². The molecule has 0 saturated heterocycles. The second kappa shape index (κ2) is 7.56. The summed E-state index contributed by atoms with van der Waals surface area (Å²) in [5, 5.41) is 5.23. The molecule has 8 heteroatoms. The molecule has 0 aliphatic rings. The lowest BCUT2D eigenvalue weighted by Gasteiger charge is -2.18. The predicted molar refractivity (Wildman–Crippen MR) is 113 cm³/mol. The van der Waals surface area contributed by atoms with Crippen LogP contribution in [0.1, 0.15) is 36.8 Å². The predicted octanol–water partition coefficient (Wildman–Crippen LogP) is 4.34. The maximum Gasteiger partial charge on any atom is 0.276 e. The van der Waals surface area contributed by atoms with E-state index >= 15 is 0 Å². The van der Waals surface area contributed by atoms with Crippen LogP contribution < -0.4 is 5.32 Å². The van der Waals surface area contributed by atoms with E-state index in [4.69, 9.17) is 0 Å². The molecule has 29 heavy (non-hydrogen) atoms. The van der Waals surface area contributed by atoms with Gasteiger partial charge in [0.15, 0.2) is 5.13 Å². The molecule has 0 unspecified atom stereocenters. The monoisotopic (exact) mass is 404 g/mol. The lowest BCUT2D eigenvalue weighted by atomic mass is 9.87. The Kier molecular flexibility index (Phi) is 4.94. The molecule has 0 aromatic carbocycles. The van der Waals surface area contributed by atoms with Crippen molar-refractivity contribution in [3.05, 3.63) is 71.9 Å². The van der Waals surface area contributed by atoms with Crippen LogP contribution in [0.4, 0.5) is 5.13 Å². The van der Waals surface area contributed by atoms with Gasteiger partial charge in [-0.05, 0) is 35.2 Å². The van der Waals surface area contributed by atoms with Crippen LogP contribution in [-0.4, -0.2) is 30.4 Å². The zero-order chi connectivity index (χ0) is 20.4. The number of carbonyl (C=O) groups is 1. The molecule has 1 amide bonds. The van der Waals surface area contributed by atoms with Crippen LogP contribution >= 0.6 is 11.3 Å². The molecule has 4 aromatic rings. The van der Waals surface area contributed by atoms with Crippen LogP contribution in [0.25, 0.3) is 17.2 Å². The first-order valence-corrected chi connectivity index (χ1v) is 9.97. The highest BCUT2D eigenvalue weighted by atomic mass is 32.1. The lowest BCUT2D eigenvalue weighted by molar-refractivity contribution is 0.102. The maximum atomic E-state index is 12.8. The van der Waals surface area contributed by atoms with Gasteiger partial charge in [0, 0.05) is 17.8 Å². The van der Waals surface area contributed by atoms with E-state index < -0.39 is 0 Å². The summed E-state index contributed by atoms with van der Waals surface area (Å²) in [5.74, 6) is 0.323. The number of carbonyl (C=O) groups excluding carboxylic acids is 1. The number of pyridine rings is 2. The fraction of sp³-hybridized carbons (Fsp3) is 0.190. The minimum Gasteiger partial charge on any atom is -0.296 e. The Labute approximate surface area is 172 Å². The number of hydrogen-bond acceptors (Lipinski definition) is 6. The second-order valence-corrected chi connectivity index (χ2v) is 8.37. The van der Waals surface area contributed by atoms with Crippen molar-refractivity contribution in [2.24, 2.45) is 0 Å². The Hall–Kier alpha value is -3.39. The van der Waals surface area contributed by atoms with Crippen LogP contribution in [0.15, 0.2) is 60.6 Å². The van der Waals surface area contributed by atoms with E-state index in [1.807, 2.05) is 35.7 Å². The molecule has 0 aliphatic heterocycles. The normalized spacial score (nSPS) is 11.4. The van der Waals surface area contributed by atoms with Crippen molar-refractivity contribution < 1.29 is 4.79 Å². The summed E-state index contributed by atoms with van der Waals surface area (Å²) in [6.07, 6.45) is 6.53. The molecule has 146 valence electrons. The highest BCUT2D eigenvalue weighted by Crippen LogP contribution is 2.28. The molecular formula is C21H20N6OS. The Morgan fingerprint density at radius 2 is 1.97 bits per heavy atom. The molecule has 0 saturated carbocycles. The zero-order valence-electron chi connectivity index (χ0n) is 16.3. The van der Waals surface area contributed by atoms with Crippen LogP contribution in [0.3, 0.4) is 0 Å². The van der Waals surface area contributed by atoms with E-state index in [1.54, 1.807) is 23.3 Å². The third kappa shape index (κ3) is 4.07. The quantitative estimate of drug-likeness (QED) is 0.547. The molecule has 0 aliphatic carbocycles. The lowest BCUT2D eigenvalue weighted by Crippen LogP contribution is -2.16. The maximum absolute atomic E-state index is 12.8. The number of aromatic nitrogens is 5. The number of hydrogen-bond donors (Lipinski definition) is 1. The summed E-state index contributed by atoms with van der Waals surface area (Å²) in [4.78, 5) is 30.1. The Balaban J connectivity index is 1.55. The average molecular weight is 404 g/mol. The van der Waals surface area contributed by atoms with Crippen LogP contribution in [0, 0.1) is 0 Å². The molecule has 4 rings (SSSR count). The molecule has 0 fully saturated rings. The van der Waals surface area contributed by atoms with Gasteiger partial charge in [-0.25, -0.2) is 15.0 Å². The number of anilines is 1. The van der Waals surface area contributed by atoms with Crippen LogP contribution in [0.5, 0.6) is 0 Å². The number of thiazole rings is 1. The van der Waals surface area contributed by atoms with Gasteiger partial charge in [0.2, 0.25) is 0 Å². The van der Waals surface area contributed by atoms with E-state index in [2.05, 4.69) is 46.0 Å². The summed E-state index contributed by atoms with van der Waals surface area (Å²) in [6.45, 7) is 6.47. The minimum atomic E-state index is -0.301. The van der Waals surface area contributed by atoms with Gasteiger partial charge in [-0.2, -0.15) is 0 Å². The first-order valence-electron chi connectivity index (χ1n) is 9.09. The molecule has 0 atom stereocenters. The number of rotatable bonds is 4. The van der Waals surface area contributed by atoms with Crippen molar-refractivity contribution in [2.45, 2.75) is 26.2 Å². The molecule has 0 bridgehead atoms. The van der Waals surface area contributed by atoms with E-state index in [1.165, 1.54) is 23.1 Å². The van der Waals surface area contributed by atoms with Crippen molar-refractivity contribution in [2.75, 3.05) is 5.32 Å². The van der Waals surface area contributed by atoms with E-state index in [0.717, 1.165) is 11.4 Å². The summed E-state index contributed by atoms with van der Waals surface area (Å²) in [5.41, 5.74) is 3.10. The summed E-state index contributed by atoms with van der Waals surface area (Å²) >= 11 is 1.36. The summed E-state index contributed by atoms with van der Waals surface area (Å²) < 4.78 is 1.64. The number of amides is 1. The van der Waals surface area contributed by atoms with Crippen molar-refractivity contribution in [1.29, 1.82) is 0 Å². The Morgan fingerprint density at radius 1 is 1.10 bits per heavy atom. The van der Waals surface area contributed by atoms with Gasteiger partial charge < -0.3 is 0 Å². The van der Waals surface area contributed by atoms with Crippen molar-refractivity contribution >= 4 is 22.4 Å². The zero-order valence-corrected chi connectivity index (χ0v) is 17.1. The molecule has 0 spiro atoms. The highest BCUT2D eigenvalue weighted by molar-refractivity contribution is 7.14. The molecular weight excluding hydrogens is 384 g/mol. The van der Waals surface area contributed by atoms with Crippen LogP contribution in [0.2, 0.25) is 0 Å². The van der Waals surface area contributed by atoms with Crippen molar-refractivity contribution in [1.82, 2.24) is 24.5 Å². The van der Waals surface area contributed by atoms with Gasteiger partial charge in [0.1, 0.15) is 23.5 Å². The number of nitrogens with one attached hydrogen (secondary N) is 1. The minimum absolute atomic E-state index is 0.0225. The number of nitrogens with zero attached hydrogens (tertiary/aromatic N) is 5. The largest absolute Gasteiger partial charge is 0.296 e. The molecule has 7 nitrogen and oxygen atoms in total. The first-order chi connectivity index (χ1) is 13.9. The first kappa shape index (κ1) is 18.9. The SMILES string of the molecule is CC(C)(C)c1ccnc(-c2csc(NC(=O)c3cncn3-c3ccccn3)n2)c1. The standard InChI is InChI=1S/C21H20N6OS/c1-21(2,3)14-7-9-23-15(10-14)16-12-29-20(25-16)26-19(28)17-11-22-13-27(17)18-6-4-5-8-24-18/h4-13H,1-3H3,(H,25,26,28).